The summed E-state index contributed by atoms with van der Waals surface area (Å²) in [6, 6.07) is 0. The van der Waals surface area contributed by atoms with Gasteiger partial charge in [-0.05, 0) is 0 Å². The van der Waals surface area contributed by atoms with Gasteiger partial charge in [-0.1, -0.05) is 15.9 Å². The first-order chi connectivity index (χ1) is 3.43. The smallest absolute Gasteiger partial charge is 0.0875 e. The highest BCUT2D eigenvalue weighted by Crippen LogP contribution is 1.95. The highest BCUT2D eigenvalue weighted by Gasteiger charge is 1.96. The van der Waals surface area contributed by atoms with Crippen LogP contribution in [0.2, 0.25) is 0 Å². The van der Waals surface area contributed by atoms with Gasteiger partial charge < -0.3 is 10.2 Å². The molecule has 0 aliphatic carbocycles. The molecule has 0 aromatic rings. The van der Waals surface area contributed by atoms with Gasteiger partial charge in [0.2, 0.25) is 0 Å². The Hall–Kier alpha value is -0.180. The van der Waals surface area contributed by atoms with E-state index >= 15 is 0 Å². The van der Waals surface area contributed by atoms with Gasteiger partial charge in [-0.15, -0.1) is 0 Å². The number of rotatable bonds is 1. The molecular formula is C4H7BrN2. The van der Waals surface area contributed by atoms with E-state index in [4.69, 9.17) is 0 Å². The van der Waals surface area contributed by atoms with Gasteiger partial charge in [-0.2, -0.15) is 0 Å². The summed E-state index contributed by atoms with van der Waals surface area (Å²) in [6.45, 7) is 0.936. The molecule has 0 amide bonds. The summed E-state index contributed by atoms with van der Waals surface area (Å²) < 4.78 is 0. The molecule has 0 atom stereocenters. The average molecular weight is 163 g/mol. The molecular weight excluding hydrogens is 156 g/mol. The molecule has 0 unspecified atom stereocenters. The van der Waals surface area contributed by atoms with Crippen LogP contribution in [0.5, 0.6) is 0 Å². The van der Waals surface area contributed by atoms with Gasteiger partial charge in [0.25, 0.3) is 0 Å². The molecule has 0 fully saturated rings. The lowest BCUT2D eigenvalue weighted by molar-refractivity contribution is 0.461. The maximum absolute atomic E-state index is 3.31. The predicted octanol–water partition coefficient (Wildman–Crippen LogP) is 0.673. The first kappa shape index (κ1) is 4.97. The monoisotopic (exact) mass is 162 g/mol. The summed E-state index contributed by atoms with van der Waals surface area (Å²) in [4.78, 5) is 2.11. The molecule has 0 saturated carbocycles. The molecule has 1 N–H and O–H groups in total. The zero-order valence-corrected chi connectivity index (χ0v) is 5.48. The second kappa shape index (κ2) is 2.21. The zero-order valence-electron chi connectivity index (χ0n) is 3.89. The maximum atomic E-state index is 3.31. The van der Waals surface area contributed by atoms with E-state index in [9.17, 15) is 0 Å². The molecule has 0 saturated heterocycles. The van der Waals surface area contributed by atoms with E-state index in [-0.39, 0.29) is 0 Å². The number of hydrogen-bond acceptors (Lipinski definition) is 2. The van der Waals surface area contributed by atoms with Gasteiger partial charge in [-0.25, -0.2) is 0 Å². The molecule has 0 radical (unpaired) electrons. The Balaban J connectivity index is 2.28. The summed E-state index contributed by atoms with van der Waals surface area (Å²) in [6.07, 6.45) is 3.94. The van der Waals surface area contributed by atoms with Crippen LogP contribution < -0.4 is 5.32 Å². The molecule has 3 heteroatoms. The lowest BCUT2D eigenvalue weighted by Gasteiger charge is -2.07. The Bertz CT molecular complexity index is 81.8. The van der Waals surface area contributed by atoms with Crippen molar-refractivity contribution in [3.8, 4) is 0 Å². The standard InChI is InChI=1S/C4H7BrN2/c5-3-7-2-1-6-4-7/h1-2,6H,3-4H2. The Labute approximate surface area is 51.3 Å². The van der Waals surface area contributed by atoms with Gasteiger partial charge in [-0.3, -0.25) is 0 Å². The lowest BCUT2D eigenvalue weighted by atomic mass is 10.9. The van der Waals surface area contributed by atoms with Crippen molar-refractivity contribution in [1.29, 1.82) is 0 Å². The Morgan fingerprint density at radius 3 is 3.00 bits per heavy atom. The fraction of sp³-hybridized carbons (Fsp3) is 0.500. The van der Waals surface area contributed by atoms with Gasteiger partial charge in [0, 0.05) is 12.4 Å². The van der Waals surface area contributed by atoms with Crippen LogP contribution in [0.3, 0.4) is 0 Å². The van der Waals surface area contributed by atoms with Crippen molar-refractivity contribution in [1.82, 2.24) is 10.2 Å². The number of halogens is 1. The van der Waals surface area contributed by atoms with E-state index < -0.39 is 0 Å². The van der Waals surface area contributed by atoms with Crippen molar-refractivity contribution in [3.05, 3.63) is 12.4 Å². The third kappa shape index (κ3) is 1.09. The van der Waals surface area contributed by atoms with Gasteiger partial charge in [0.05, 0.1) is 12.1 Å². The molecule has 1 aliphatic rings. The fourth-order valence-electron chi connectivity index (χ4n) is 0.463. The van der Waals surface area contributed by atoms with Gasteiger partial charge in [0.15, 0.2) is 0 Å². The molecule has 1 heterocycles. The van der Waals surface area contributed by atoms with E-state index in [1.807, 2.05) is 12.4 Å². The zero-order chi connectivity index (χ0) is 5.11. The highest BCUT2D eigenvalue weighted by atomic mass is 79.9. The number of nitrogens with one attached hydrogen (secondary N) is 1. The summed E-state index contributed by atoms with van der Waals surface area (Å²) >= 11 is 3.31. The molecule has 40 valence electrons. The molecule has 0 aromatic heterocycles. The van der Waals surface area contributed by atoms with Gasteiger partial charge in [0.1, 0.15) is 0 Å². The minimum Gasteiger partial charge on any atom is -0.373 e. The number of nitrogens with zero attached hydrogens (tertiary/aromatic N) is 1. The molecule has 7 heavy (non-hydrogen) atoms. The van der Waals surface area contributed by atoms with Crippen molar-refractivity contribution in [2.45, 2.75) is 0 Å². The van der Waals surface area contributed by atoms with Crippen LogP contribution >= 0.6 is 15.9 Å². The first-order valence-electron chi connectivity index (χ1n) is 2.13. The Morgan fingerprint density at radius 2 is 2.71 bits per heavy atom. The van der Waals surface area contributed by atoms with Crippen LogP contribution in [0.25, 0.3) is 0 Å². The highest BCUT2D eigenvalue weighted by molar-refractivity contribution is 9.09. The Morgan fingerprint density at radius 1 is 1.86 bits per heavy atom. The van der Waals surface area contributed by atoms with Crippen LogP contribution in [0.15, 0.2) is 12.4 Å². The molecule has 2 nitrogen and oxygen atoms in total. The largest absolute Gasteiger partial charge is 0.373 e. The second-order valence-electron chi connectivity index (χ2n) is 1.39. The van der Waals surface area contributed by atoms with Crippen molar-refractivity contribution in [3.63, 3.8) is 0 Å². The van der Waals surface area contributed by atoms with Crippen LogP contribution in [0, 0.1) is 0 Å². The average Bonchev–Trinajstić information content (AvgIpc) is 2.14. The predicted molar refractivity (Wildman–Crippen MR) is 32.8 cm³/mol. The first-order valence-corrected chi connectivity index (χ1v) is 3.25. The third-order valence-corrected chi connectivity index (χ3v) is 1.50. The molecule has 0 bridgehead atoms. The third-order valence-electron chi connectivity index (χ3n) is 0.851. The van der Waals surface area contributed by atoms with Crippen molar-refractivity contribution in [2.24, 2.45) is 0 Å². The van der Waals surface area contributed by atoms with E-state index in [2.05, 4.69) is 26.1 Å². The minimum atomic E-state index is 0.913. The molecule has 0 spiro atoms. The maximum Gasteiger partial charge on any atom is 0.0875 e. The van der Waals surface area contributed by atoms with Crippen LogP contribution in [-0.4, -0.2) is 17.0 Å². The lowest BCUT2D eigenvalue weighted by Crippen LogP contribution is -2.18. The normalized spacial score (nSPS) is 17.6. The van der Waals surface area contributed by atoms with Crippen LogP contribution in [0.1, 0.15) is 0 Å². The quantitative estimate of drug-likeness (QED) is 0.451. The molecule has 1 rings (SSSR count). The van der Waals surface area contributed by atoms with Crippen molar-refractivity contribution < 1.29 is 0 Å². The summed E-state index contributed by atoms with van der Waals surface area (Å²) in [5.74, 6) is 0. The second-order valence-corrected chi connectivity index (χ2v) is 1.89. The molecule has 0 aromatic carbocycles. The minimum absolute atomic E-state index is 0.913. The van der Waals surface area contributed by atoms with Crippen LogP contribution in [0.4, 0.5) is 0 Å². The van der Waals surface area contributed by atoms with Crippen molar-refractivity contribution in [2.75, 3.05) is 12.1 Å². The van der Waals surface area contributed by atoms with Crippen molar-refractivity contribution >= 4 is 15.9 Å². The topological polar surface area (TPSA) is 15.3 Å². The SMILES string of the molecule is BrCN1C=CNC1. The summed E-state index contributed by atoms with van der Waals surface area (Å²) in [5, 5.41) is 3.04. The van der Waals surface area contributed by atoms with E-state index in [0.717, 1.165) is 12.1 Å². The molecule has 1 aliphatic heterocycles. The van der Waals surface area contributed by atoms with E-state index in [1.165, 1.54) is 0 Å². The van der Waals surface area contributed by atoms with E-state index in [0.29, 0.717) is 0 Å². The van der Waals surface area contributed by atoms with Crippen LogP contribution in [-0.2, 0) is 0 Å². The summed E-state index contributed by atoms with van der Waals surface area (Å²) in [7, 11) is 0. The number of hydrogen-bond donors (Lipinski definition) is 1. The number of alkyl halides is 1. The Kier molecular flexibility index (Phi) is 1.57. The fourth-order valence-corrected chi connectivity index (χ4v) is 0.807. The summed E-state index contributed by atoms with van der Waals surface area (Å²) in [5.41, 5.74) is 0.913. The van der Waals surface area contributed by atoms with Gasteiger partial charge >= 0.3 is 0 Å². The van der Waals surface area contributed by atoms with E-state index in [1.54, 1.807) is 0 Å².